The van der Waals surface area contributed by atoms with E-state index < -0.39 is 11.9 Å². The van der Waals surface area contributed by atoms with Crippen LogP contribution in [0.4, 0.5) is 0 Å². The summed E-state index contributed by atoms with van der Waals surface area (Å²) in [5, 5.41) is 0. The molecule has 0 fully saturated rings. The Labute approximate surface area is 167 Å². The minimum absolute atomic E-state index is 0.0667. The van der Waals surface area contributed by atoms with Gasteiger partial charge in [-0.1, -0.05) is 30.3 Å². The van der Waals surface area contributed by atoms with Crippen molar-refractivity contribution in [2.24, 2.45) is 0 Å². The SMILES string of the molecule is CC(C)OC(=O)/C=C/C(=O)OC(C)C.CC(C)OC(=O)C=Cc1ccccc1. The molecule has 6 nitrogen and oxygen atoms in total. The summed E-state index contributed by atoms with van der Waals surface area (Å²) in [6.07, 6.45) is 4.86. The molecule has 0 spiro atoms. The summed E-state index contributed by atoms with van der Waals surface area (Å²) in [5.41, 5.74) is 0.994. The molecule has 0 saturated carbocycles. The molecule has 0 aliphatic carbocycles. The lowest BCUT2D eigenvalue weighted by Gasteiger charge is -2.05. The molecule has 6 heteroatoms. The zero-order chi connectivity index (χ0) is 21.5. The monoisotopic (exact) mass is 390 g/mol. The summed E-state index contributed by atoms with van der Waals surface area (Å²) in [5.74, 6) is -1.38. The molecule has 28 heavy (non-hydrogen) atoms. The lowest BCUT2D eigenvalue weighted by atomic mass is 10.2. The quantitative estimate of drug-likeness (QED) is 0.396. The van der Waals surface area contributed by atoms with Crippen LogP contribution in [-0.4, -0.2) is 36.2 Å². The summed E-state index contributed by atoms with van der Waals surface area (Å²) >= 11 is 0. The maximum Gasteiger partial charge on any atom is 0.331 e. The molecule has 0 saturated heterocycles. The third-order valence-corrected chi connectivity index (χ3v) is 2.62. The average molecular weight is 390 g/mol. The molecule has 1 aromatic rings. The highest BCUT2D eigenvalue weighted by atomic mass is 16.5. The molecule has 0 amide bonds. The fourth-order valence-electron chi connectivity index (χ4n) is 1.68. The highest BCUT2D eigenvalue weighted by molar-refractivity contribution is 5.91. The fraction of sp³-hybridized carbons (Fsp3) is 0.409. The van der Waals surface area contributed by atoms with Crippen molar-refractivity contribution in [3.05, 3.63) is 54.1 Å². The normalized spacial score (nSPS) is 10.9. The predicted octanol–water partition coefficient (Wildman–Crippen LogP) is 4.10. The van der Waals surface area contributed by atoms with Crippen LogP contribution in [0, 0.1) is 0 Å². The number of carbonyl (C=O) groups is 3. The number of benzene rings is 1. The van der Waals surface area contributed by atoms with Gasteiger partial charge < -0.3 is 14.2 Å². The first-order chi connectivity index (χ1) is 13.1. The maximum absolute atomic E-state index is 11.1. The Kier molecular flexibility index (Phi) is 12.7. The van der Waals surface area contributed by atoms with Gasteiger partial charge in [0.15, 0.2) is 0 Å². The molecule has 0 aromatic heterocycles. The van der Waals surface area contributed by atoms with Crippen LogP contribution in [0.25, 0.3) is 6.08 Å². The molecule has 0 radical (unpaired) electrons. The zero-order valence-corrected chi connectivity index (χ0v) is 17.4. The van der Waals surface area contributed by atoms with Gasteiger partial charge in [-0.2, -0.15) is 0 Å². The van der Waals surface area contributed by atoms with Gasteiger partial charge in [0.25, 0.3) is 0 Å². The maximum atomic E-state index is 11.1. The third-order valence-electron chi connectivity index (χ3n) is 2.62. The lowest BCUT2D eigenvalue weighted by Crippen LogP contribution is -2.11. The average Bonchev–Trinajstić information content (AvgIpc) is 2.58. The van der Waals surface area contributed by atoms with E-state index in [1.165, 1.54) is 6.08 Å². The summed E-state index contributed by atoms with van der Waals surface area (Å²) in [6, 6.07) is 9.64. The Balaban J connectivity index is 0.000000521. The molecule has 0 N–H and O–H groups in total. The molecular weight excluding hydrogens is 360 g/mol. The Bertz CT molecular complexity index is 633. The Morgan fingerprint density at radius 1 is 0.643 bits per heavy atom. The minimum atomic E-state index is -0.541. The Morgan fingerprint density at radius 3 is 1.36 bits per heavy atom. The van der Waals surface area contributed by atoms with Gasteiger partial charge in [0.1, 0.15) is 0 Å². The molecule has 154 valence electrons. The second-order valence-electron chi connectivity index (χ2n) is 6.53. The molecule has 0 aliphatic rings. The van der Waals surface area contributed by atoms with Crippen LogP contribution in [0.1, 0.15) is 47.1 Å². The van der Waals surface area contributed by atoms with E-state index >= 15 is 0 Å². The Morgan fingerprint density at radius 2 is 1.00 bits per heavy atom. The second-order valence-corrected chi connectivity index (χ2v) is 6.53. The van der Waals surface area contributed by atoms with E-state index in [1.807, 2.05) is 44.2 Å². The molecule has 0 atom stereocenters. The number of esters is 3. The molecule has 0 bridgehead atoms. The lowest BCUT2D eigenvalue weighted by molar-refractivity contribution is -0.144. The van der Waals surface area contributed by atoms with Crippen molar-refractivity contribution >= 4 is 24.0 Å². The van der Waals surface area contributed by atoms with E-state index in [1.54, 1.807) is 33.8 Å². The standard InChI is InChI=1S/C12H14O2.C10H16O4/c1-10(2)14-12(13)9-8-11-6-4-3-5-7-11;1-7(2)13-9(11)5-6-10(12)14-8(3)4/h3-10H,1-2H3;5-8H,1-4H3/b;6-5+. The van der Waals surface area contributed by atoms with Gasteiger partial charge in [-0.05, 0) is 53.2 Å². The zero-order valence-electron chi connectivity index (χ0n) is 17.4. The third kappa shape index (κ3) is 15.4. The summed E-state index contributed by atoms with van der Waals surface area (Å²) in [4.78, 5) is 33.0. The van der Waals surface area contributed by atoms with Gasteiger partial charge in [-0.3, -0.25) is 0 Å². The number of rotatable bonds is 7. The van der Waals surface area contributed by atoms with Crippen LogP contribution >= 0.6 is 0 Å². The van der Waals surface area contributed by atoms with Gasteiger partial charge in [-0.15, -0.1) is 0 Å². The van der Waals surface area contributed by atoms with Crippen LogP contribution in [0.5, 0.6) is 0 Å². The van der Waals surface area contributed by atoms with Crippen molar-refractivity contribution in [2.75, 3.05) is 0 Å². The second kappa shape index (κ2) is 14.2. The van der Waals surface area contributed by atoms with Gasteiger partial charge in [0.2, 0.25) is 0 Å². The molecular formula is C22H30O6. The predicted molar refractivity (Wildman–Crippen MR) is 108 cm³/mol. The topological polar surface area (TPSA) is 78.9 Å². The van der Waals surface area contributed by atoms with Crippen LogP contribution in [0.2, 0.25) is 0 Å². The van der Waals surface area contributed by atoms with Crippen molar-refractivity contribution in [3.63, 3.8) is 0 Å². The van der Waals surface area contributed by atoms with Crippen molar-refractivity contribution in [3.8, 4) is 0 Å². The van der Waals surface area contributed by atoms with Crippen molar-refractivity contribution < 1.29 is 28.6 Å². The van der Waals surface area contributed by atoms with E-state index in [0.717, 1.165) is 17.7 Å². The summed E-state index contributed by atoms with van der Waals surface area (Å²) < 4.78 is 14.5. The Hall–Kier alpha value is -2.89. The molecule has 1 aromatic carbocycles. The van der Waals surface area contributed by atoms with E-state index in [9.17, 15) is 14.4 Å². The smallest absolute Gasteiger partial charge is 0.331 e. The van der Waals surface area contributed by atoms with Gasteiger partial charge in [-0.25, -0.2) is 14.4 Å². The van der Waals surface area contributed by atoms with Crippen LogP contribution < -0.4 is 0 Å². The van der Waals surface area contributed by atoms with Crippen molar-refractivity contribution in [2.45, 2.75) is 59.9 Å². The van der Waals surface area contributed by atoms with E-state index in [0.29, 0.717) is 0 Å². The van der Waals surface area contributed by atoms with Gasteiger partial charge in [0.05, 0.1) is 18.3 Å². The highest BCUT2D eigenvalue weighted by Crippen LogP contribution is 2.01. The van der Waals surface area contributed by atoms with E-state index in [-0.39, 0.29) is 24.3 Å². The number of hydrogen-bond donors (Lipinski definition) is 0. The van der Waals surface area contributed by atoms with Crippen molar-refractivity contribution in [1.82, 2.24) is 0 Å². The van der Waals surface area contributed by atoms with Gasteiger partial charge >= 0.3 is 17.9 Å². The first-order valence-corrected chi connectivity index (χ1v) is 9.13. The first-order valence-electron chi connectivity index (χ1n) is 9.13. The van der Waals surface area contributed by atoms with E-state index in [2.05, 4.69) is 0 Å². The van der Waals surface area contributed by atoms with Gasteiger partial charge in [0, 0.05) is 18.2 Å². The fourth-order valence-corrected chi connectivity index (χ4v) is 1.68. The first kappa shape index (κ1) is 25.1. The summed E-state index contributed by atoms with van der Waals surface area (Å²) in [7, 11) is 0. The number of carbonyl (C=O) groups excluding carboxylic acids is 3. The highest BCUT2D eigenvalue weighted by Gasteiger charge is 2.04. The van der Waals surface area contributed by atoms with Crippen LogP contribution in [0.3, 0.4) is 0 Å². The van der Waals surface area contributed by atoms with Crippen LogP contribution in [-0.2, 0) is 28.6 Å². The molecule has 0 aliphatic heterocycles. The molecule has 0 unspecified atom stereocenters. The summed E-state index contributed by atoms with van der Waals surface area (Å²) in [6.45, 7) is 10.6. The minimum Gasteiger partial charge on any atom is -0.460 e. The van der Waals surface area contributed by atoms with E-state index in [4.69, 9.17) is 14.2 Å². The largest absolute Gasteiger partial charge is 0.460 e. The van der Waals surface area contributed by atoms with Crippen molar-refractivity contribution in [1.29, 1.82) is 0 Å². The number of hydrogen-bond acceptors (Lipinski definition) is 6. The molecule has 1 rings (SSSR count). The van der Waals surface area contributed by atoms with Crippen LogP contribution in [0.15, 0.2) is 48.6 Å². The molecule has 0 heterocycles. The number of ether oxygens (including phenoxy) is 3.